The number of aromatic nitrogens is 1. The molecular formula is C21H18ClFN4O3. The SMILES string of the molecule is [2H]C([2H])([2H])NC(=O)c1cc(Oc2ccc(NC(=O)Nc3ccc(Cl)c(C)c3)c(F)c2)ccn1. The van der Waals surface area contributed by atoms with Crippen LogP contribution < -0.4 is 20.7 Å². The molecule has 0 aliphatic carbocycles. The molecule has 154 valence electrons. The van der Waals surface area contributed by atoms with E-state index in [0.29, 0.717) is 10.7 Å². The molecule has 0 saturated carbocycles. The number of urea groups is 1. The minimum absolute atomic E-state index is 0.0835. The van der Waals surface area contributed by atoms with Crippen LogP contribution in [0.3, 0.4) is 0 Å². The van der Waals surface area contributed by atoms with Gasteiger partial charge in [-0.3, -0.25) is 9.78 Å². The number of ether oxygens (including phenoxy) is 1. The normalized spacial score (nSPS) is 12.2. The summed E-state index contributed by atoms with van der Waals surface area (Å²) in [5.74, 6) is -1.45. The van der Waals surface area contributed by atoms with Crippen LogP contribution in [0.1, 0.15) is 20.2 Å². The Bertz CT molecular complexity index is 1210. The second-order valence-electron chi connectivity index (χ2n) is 6.12. The van der Waals surface area contributed by atoms with Gasteiger partial charge in [0.2, 0.25) is 0 Å². The Kier molecular flexibility index (Phi) is 5.30. The highest BCUT2D eigenvalue weighted by atomic mass is 35.5. The van der Waals surface area contributed by atoms with Gasteiger partial charge in [0.15, 0.2) is 0 Å². The van der Waals surface area contributed by atoms with Crippen molar-refractivity contribution in [3.8, 4) is 11.5 Å². The molecule has 7 nitrogen and oxygen atoms in total. The van der Waals surface area contributed by atoms with Crippen LogP contribution in [-0.2, 0) is 0 Å². The number of carbonyl (C=O) groups excluding carboxylic acids is 2. The van der Waals surface area contributed by atoms with Gasteiger partial charge in [0.1, 0.15) is 23.0 Å². The van der Waals surface area contributed by atoms with Gasteiger partial charge in [-0.05, 0) is 48.9 Å². The van der Waals surface area contributed by atoms with Crippen molar-refractivity contribution < 1.29 is 22.8 Å². The Balaban J connectivity index is 1.66. The maximum atomic E-state index is 14.5. The Morgan fingerprint density at radius 3 is 2.63 bits per heavy atom. The maximum absolute atomic E-state index is 14.5. The molecule has 3 amide bonds. The van der Waals surface area contributed by atoms with E-state index < -0.39 is 24.7 Å². The van der Waals surface area contributed by atoms with E-state index in [4.69, 9.17) is 20.5 Å². The van der Waals surface area contributed by atoms with E-state index >= 15 is 0 Å². The first kappa shape index (κ1) is 17.2. The van der Waals surface area contributed by atoms with E-state index in [0.717, 1.165) is 11.6 Å². The largest absolute Gasteiger partial charge is 0.457 e. The third-order valence-electron chi connectivity index (χ3n) is 3.92. The Labute approximate surface area is 181 Å². The lowest BCUT2D eigenvalue weighted by Gasteiger charge is -2.11. The van der Waals surface area contributed by atoms with Crippen molar-refractivity contribution in [2.75, 3.05) is 17.6 Å². The molecule has 3 aromatic rings. The van der Waals surface area contributed by atoms with Crippen molar-refractivity contribution >= 4 is 34.9 Å². The lowest BCUT2D eigenvalue weighted by atomic mass is 10.2. The van der Waals surface area contributed by atoms with E-state index in [-0.39, 0.29) is 22.9 Å². The van der Waals surface area contributed by atoms with Gasteiger partial charge < -0.3 is 20.7 Å². The fourth-order valence-corrected chi connectivity index (χ4v) is 2.58. The number of carbonyl (C=O) groups is 2. The minimum atomic E-state index is -2.67. The molecule has 1 heterocycles. The quantitative estimate of drug-likeness (QED) is 0.531. The average Bonchev–Trinajstić information content (AvgIpc) is 2.72. The topological polar surface area (TPSA) is 92.4 Å². The molecule has 9 heteroatoms. The highest BCUT2D eigenvalue weighted by Crippen LogP contribution is 2.26. The molecule has 0 aliphatic rings. The Hall–Kier alpha value is -3.65. The van der Waals surface area contributed by atoms with Crippen LogP contribution in [0.25, 0.3) is 0 Å². The van der Waals surface area contributed by atoms with Crippen molar-refractivity contribution in [1.82, 2.24) is 10.3 Å². The van der Waals surface area contributed by atoms with Crippen molar-refractivity contribution in [1.29, 1.82) is 0 Å². The van der Waals surface area contributed by atoms with E-state index in [9.17, 15) is 14.0 Å². The zero-order chi connectivity index (χ0) is 24.2. The molecule has 0 fully saturated rings. The summed E-state index contributed by atoms with van der Waals surface area (Å²) in [5, 5.41) is 7.35. The van der Waals surface area contributed by atoms with Crippen LogP contribution in [0.4, 0.5) is 20.6 Å². The smallest absolute Gasteiger partial charge is 0.323 e. The molecule has 0 radical (unpaired) electrons. The zero-order valence-electron chi connectivity index (χ0n) is 18.6. The first-order valence-corrected chi connectivity index (χ1v) is 8.98. The predicted octanol–water partition coefficient (Wildman–Crippen LogP) is 4.98. The molecule has 0 spiro atoms. The van der Waals surface area contributed by atoms with E-state index in [1.54, 1.807) is 25.1 Å². The number of benzene rings is 2. The van der Waals surface area contributed by atoms with Crippen molar-refractivity contribution in [3.63, 3.8) is 0 Å². The number of nitrogens with one attached hydrogen (secondary N) is 3. The summed E-state index contributed by atoms with van der Waals surface area (Å²) >= 11 is 5.95. The maximum Gasteiger partial charge on any atom is 0.323 e. The van der Waals surface area contributed by atoms with Gasteiger partial charge in [-0.15, -0.1) is 0 Å². The van der Waals surface area contributed by atoms with Gasteiger partial charge in [0, 0.05) is 40.1 Å². The summed E-state index contributed by atoms with van der Waals surface area (Å²) < 4.78 is 41.2. The first-order valence-electron chi connectivity index (χ1n) is 10.1. The van der Waals surface area contributed by atoms with Crippen molar-refractivity contribution in [2.45, 2.75) is 6.92 Å². The van der Waals surface area contributed by atoms with Crippen LogP contribution >= 0.6 is 11.6 Å². The number of amides is 3. The summed E-state index contributed by atoms with van der Waals surface area (Å²) in [6.45, 7) is -0.879. The number of hydrogen-bond donors (Lipinski definition) is 3. The van der Waals surface area contributed by atoms with Crippen LogP contribution in [0.15, 0.2) is 54.7 Å². The summed E-state index contributed by atoms with van der Waals surface area (Å²) in [5.41, 5.74) is 0.998. The van der Waals surface area contributed by atoms with Crippen LogP contribution in [0, 0.1) is 12.7 Å². The van der Waals surface area contributed by atoms with Crippen LogP contribution in [-0.4, -0.2) is 23.9 Å². The third kappa shape index (κ3) is 5.24. The lowest BCUT2D eigenvalue weighted by Crippen LogP contribution is -2.20. The van der Waals surface area contributed by atoms with E-state index in [1.165, 1.54) is 30.5 Å². The molecule has 3 N–H and O–H groups in total. The Morgan fingerprint density at radius 2 is 1.90 bits per heavy atom. The zero-order valence-corrected chi connectivity index (χ0v) is 16.4. The highest BCUT2D eigenvalue weighted by molar-refractivity contribution is 6.31. The molecule has 0 saturated heterocycles. The number of anilines is 2. The van der Waals surface area contributed by atoms with Crippen LogP contribution in [0.5, 0.6) is 11.5 Å². The molecule has 2 aromatic carbocycles. The third-order valence-corrected chi connectivity index (χ3v) is 4.34. The fourth-order valence-electron chi connectivity index (χ4n) is 2.47. The molecule has 0 atom stereocenters. The number of nitrogens with zero attached hydrogens (tertiary/aromatic N) is 1. The number of aryl methyl sites for hydroxylation is 1. The van der Waals surface area contributed by atoms with Gasteiger partial charge in [-0.1, -0.05) is 11.6 Å². The van der Waals surface area contributed by atoms with Gasteiger partial charge in [0.05, 0.1) is 5.69 Å². The minimum Gasteiger partial charge on any atom is -0.457 e. The van der Waals surface area contributed by atoms with E-state index in [2.05, 4.69) is 15.6 Å². The van der Waals surface area contributed by atoms with Gasteiger partial charge >= 0.3 is 6.03 Å². The van der Waals surface area contributed by atoms with E-state index in [1.807, 2.05) is 5.32 Å². The predicted molar refractivity (Wildman–Crippen MR) is 113 cm³/mol. The summed E-state index contributed by atoms with van der Waals surface area (Å²) in [6.07, 6.45) is 1.25. The molecule has 30 heavy (non-hydrogen) atoms. The number of rotatable bonds is 5. The fraction of sp³-hybridized carbons (Fsp3) is 0.0952. The van der Waals surface area contributed by atoms with Gasteiger partial charge in [-0.25, -0.2) is 9.18 Å². The molecule has 0 aliphatic heterocycles. The number of hydrogen-bond acceptors (Lipinski definition) is 4. The van der Waals surface area contributed by atoms with Crippen LogP contribution in [0.2, 0.25) is 5.02 Å². The summed E-state index contributed by atoms with van der Waals surface area (Å²) in [6, 6.07) is 10.7. The standard InChI is InChI=1S/C21H18ClFN4O3/c1-12-9-13(3-5-16(12)22)26-21(29)27-18-6-4-14(10-17(18)23)30-15-7-8-25-19(11-15)20(28)24-2/h3-11H,1-2H3,(H,24,28)(H2,26,27,29)/i2D3. The monoisotopic (exact) mass is 431 g/mol. The highest BCUT2D eigenvalue weighted by Gasteiger charge is 2.11. The van der Waals surface area contributed by atoms with Gasteiger partial charge in [0.25, 0.3) is 5.91 Å². The van der Waals surface area contributed by atoms with Crippen molar-refractivity contribution in [2.24, 2.45) is 0 Å². The Morgan fingerprint density at radius 1 is 1.10 bits per heavy atom. The number of halogens is 2. The number of pyridine rings is 1. The lowest BCUT2D eigenvalue weighted by molar-refractivity contribution is 0.0958. The van der Waals surface area contributed by atoms with Gasteiger partial charge in [-0.2, -0.15) is 0 Å². The second-order valence-corrected chi connectivity index (χ2v) is 6.52. The molecular weight excluding hydrogens is 411 g/mol. The van der Waals surface area contributed by atoms with Crippen molar-refractivity contribution in [3.05, 3.63) is 76.8 Å². The first-order chi connectivity index (χ1) is 15.5. The summed E-state index contributed by atoms with van der Waals surface area (Å²) in [4.78, 5) is 27.9. The second kappa shape index (κ2) is 9.23. The molecule has 3 rings (SSSR count). The molecule has 1 aromatic heterocycles. The average molecular weight is 432 g/mol. The summed E-state index contributed by atoms with van der Waals surface area (Å²) in [7, 11) is 0. The molecule has 0 bridgehead atoms. The molecule has 0 unspecified atom stereocenters.